The average Bonchev–Trinajstić information content (AvgIpc) is 2.24. The zero-order valence-corrected chi connectivity index (χ0v) is 11.2. The number of carbonyl (C=O) groups is 2. The van der Waals surface area contributed by atoms with E-state index in [1.54, 1.807) is 12.1 Å². The van der Waals surface area contributed by atoms with Crippen molar-refractivity contribution in [2.24, 2.45) is 0 Å². The fraction of sp³-hybridized carbons (Fsp3) is 0.429. The van der Waals surface area contributed by atoms with Crippen LogP contribution in [0.15, 0.2) is 24.3 Å². The molecule has 0 spiro atoms. The van der Waals surface area contributed by atoms with Gasteiger partial charge in [0.25, 0.3) is 5.91 Å². The van der Waals surface area contributed by atoms with Crippen LogP contribution >= 0.6 is 0 Å². The molecule has 0 heterocycles. The minimum Gasteiger partial charge on any atom is -0.480 e. The second-order valence-electron chi connectivity index (χ2n) is 5.27. The van der Waals surface area contributed by atoms with E-state index in [0.29, 0.717) is 5.56 Å². The van der Waals surface area contributed by atoms with Gasteiger partial charge in [-0.15, -0.1) is 0 Å². The molecule has 0 bridgehead atoms. The Kier molecular flexibility index (Phi) is 4.11. The molecule has 0 atom stereocenters. The van der Waals surface area contributed by atoms with E-state index >= 15 is 0 Å². The Morgan fingerprint density at radius 2 is 1.78 bits per heavy atom. The molecular weight excluding hydrogens is 230 g/mol. The standard InChI is InChI=1S/C14H19NO3/c1-10-7-5-6-8-11(10)13(18)15(9-12(16)17)14(2,3)4/h5-8H,9H2,1-4H3,(H,16,17). The molecule has 1 rings (SSSR count). The van der Waals surface area contributed by atoms with Crippen LogP contribution in [0.25, 0.3) is 0 Å². The van der Waals surface area contributed by atoms with Gasteiger partial charge in [0.15, 0.2) is 0 Å². The summed E-state index contributed by atoms with van der Waals surface area (Å²) in [5.41, 5.74) is 0.869. The SMILES string of the molecule is Cc1ccccc1C(=O)N(CC(=O)O)C(C)(C)C. The van der Waals surface area contributed by atoms with Crippen molar-refractivity contribution in [1.82, 2.24) is 4.90 Å². The van der Waals surface area contributed by atoms with E-state index in [0.717, 1.165) is 5.56 Å². The number of hydrogen-bond donors (Lipinski definition) is 1. The number of carboxylic acid groups (broad SMARTS) is 1. The van der Waals surface area contributed by atoms with Crippen LogP contribution in [0.3, 0.4) is 0 Å². The molecule has 1 amide bonds. The molecule has 18 heavy (non-hydrogen) atoms. The molecule has 0 saturated heterocycles. The summed E-state index contributed by atoms with van der Waals surface area (Å²) in [6.45, 7) is 7.02. The molecular formula is C14H19NO3. The first-order valence-electron chi connectivity index (χ1n) is 5.83. The maximum Gasteiger partial charge on any atom is 0.323 e. The third-order valence-electron chi connectivity index (χ3n) is 2.72. The van der Waals surface area contributed by atoms with Gasteiger partial charge in [0.1, 0.15) is 6.54 Å². The Bertz CT molecular complexity index is 460. The summed E-state index contributed by atoms with van der Waals surface area (Å²) in [4.78, 5) is 24.7. The van der Waals surface area contributed by atoms with Crippen molar-refractivity contribution in [2.75, 3.05) is 6.54 Å². The second-order valence-corrected chi connectivity index (χ2v) is 5.27. The lowest BCUT2D eigenvalue weighted by molar-refractivity contribution is -0.138. The predicted octanol–water partition coefficient (Wildman–Crippen LogP) is 2.32. The highest BCUT2D eigenvalue weighted by Gasteiger charge is 2.29. The monoisotopic (exact) mass is 249 g/mol. The van der Waals surface area contributed by atoms with Crippen molar-refractivity contribution < 1.29 is 14.7 Å². The van der Waals surface area contributed by atoms with E-state index in [2.05, 4.69) is 0 Å². The van der Waals surface area contributed by atoms with Crippen LogP contribution in [-0.4, -0.2) is 34.0 Å². The molecule has 0 aliphatic carbocycles. The molecule has 0 radical (unpaired) electrons. The lowest BCUT2D eigenvalue weighted by Gasteiger charge is -2.34. The second kappa shape index (κ2) is 5.21. The highest BCUT2D eigenvalue weighted by molar-refractivity contribution is 5.97. The first-order valence-corrected chi connectivity index (χ1v) is 5.83. The Balaban J connectivity index is 3.11. The Labute approximate surface area is 107 Å². The molecule has 0 unspecified atom stereocenters. The first kappa shape index (κ1) is 14.2. The Morgan fingerprint density at radius 3 is 2.22 bits per heavy atom. The average molecular weight is 249 g/mol. The summed E-state index contributed by atoms with van der Waals surface area (Å²) >= 11 is 0. The van der Waals surface area contributed by atoms with Gasteiger partial charge >= 0.3 is 5.97 Å². The van der Waals surface area contributed by atoms with Crippen LogP contribution in [-0.2, 0) is 4.79 Å². The molecule has 0 saturated carbocycles. The normalized spacial score (nSPS) is 11.1. The summed E-state index contributed by atoms with van der Waals surface area (Å²) in [6.07, 6.45) is 0. The number of carbonyl (C=O) groups excluding carboxylic acids is 1. The highest BCUT2D eigenvalue weighted by atomic mass is 16.4. The number of nitrogens with zero attached hydrogens (tertiary/aromatic N) is 1. The lowest BCUT2D eigenvalue weighted by Crippen LogP contribution is -2.48. The van der Waals surface area contributed by atoms with Crippen molar-refractivity contribution in [3.05, 3.63) is 35.4 Å². The van der Waals surface area contributed by atoms with Gasteiger partial charge in [-0.3, -0.25) is 9.59 Å². The van der Waals surface area contributed by atoms with Crippen LogP contribution in [0.4, 0.5) is 0 Å². The number of benzene rings is 1. The third kappa shape index (κ3) is 3.32. The summed E-state index contributed by atoms with van der Waals surface area (Å²) in [5.74, 6) is -1.25. The largest absolute Gasteiger partial charge is 0.480 e. The van der Waals surface area contributed by atoms with Gasteiger partial charge in [0, 0.05) is 11.1 Å². The van der Waals surface area contributed by atoms with E-state index < -0.39 is 11.5 Å². The molecule has 1 aromatic rings. The van der Waals surface area contributed by atoms with Gasteiger partial charge in [-0.25, -0.2) is 0 Å². The number of hydrogen-bond acceptors (Lipinski definition) is 2. The summed E-state index contributed by atoms with van der Waals surface area (Å²) in [7, 11) is 0. The van der Waals surface area contributed by atoms with Crippen molar-refractivity contribution in [1.29, 1.82) is 0 Å². The van der Waals surface area contributed by atoms with E-state index in [4.69, 9.17) is 5.11 Å². The predicted molar refractivity (Wildman–Crippen MR) is 69.6 cm³/mol. The highest BCUT2D eigenvalue weighted by Crippen LogP contribution is 2.19. The van der Waals surface area contributed by atoms with Gasteiger partial charge in [-0.2, -0.15) is 0 Å². The lowest BCUT2D eigenvalue weighted by atomic mass is 10.0. The van der Waals surface area contributed by atoms with Gasteiger partial charge in [0.05, 0.1) is 0 Å². The molecule has 4 heteroatoms. The van der Waals surface area contributed by atoms with E-state index in [1.807, 2.05) is 39.8 Å². The van der Waals surface area contributed by atoms with Crippen LogP contribution in [0, 0.1) is 6.92 Å². The Morgan fingerprint density at radius 1 is 1.22 bits per heavy atom. The van der Waals surface area contributed by atoms with Crippen LogP contribution in [0.2, 0.25) is 0 Å². The molecule has 0 aliphatic heterocycles. The third-order valence-corrected chi connectivity index (χ3v) is 2.72. The molecule has 0 fully saturated rings. The maximum absolute atomic E-state index is 12.4. The first-order chi connectivity index (χ1) is 8.23. The van der Waals surface area contributed by atoms with Crippen LogP contribution in [0.1, 0.15) is 36.7 Å². The molecule has 1 aromatic carbocycles. The number of rotatable bonds is 3. The van der Waals surface area contributed by atoms with E-state index in [1.165, 1.54) is 4.90 Å². The van der Waals surface area contributed by atoms with Crippen molar-refractivity contribution in [3.63, 3.8) is 0 Å². The quantitative estimate of drug-likeness (QED) is 0.894. The van der Waals surface area contributed by atoms with E-state index in [-0.39, 0.29) is 12.5 Å². The van der Waals surface area contributed by atoms with Gasteiger partial charge in [-0.05, 0) is 39.3 Å². The molecule has 98 valence electrons. The molecule has 4 nitrogen and oxygen atoms in total. The fourth-order valence-corrected chi connectivity index (χ4v) is 1.71. The molecule has 0 aliphatic rings. The zero-order chi connectivity index (χ0) is 13.9. The number of aryl methyl sites for hydroxylation is 1. The summed E-state index contributed by atoms with van der Waals surface area (Å²) in [5, 5.41) is 8.92. The van der Waals surface area contributed by atoms with Crippen molar-refractivity contribution >= 4 is 11.9 Å². The summed E-state index contributed by atoms with van der Waals surface area (Å²) in [6, 6.07) is 7.19. The van der Waals surface area contributed by atoms with Gasteiger partial charge in [-0.1, -0.05) is 18.2 Å². The fourth-order valence-electron chi connectivity index (χ4n) is 1.71. The minimum absolute atomic E-state index is 0.247. The van der Waals surface area contributed by atoms with Crippen molar-refractivity contribution in [2.45, 2.75) is 33.2 Å². The zero-order valence-electron chi connectivity index (χ0n) is 11.2. The van der Waals surface area contributed by atoms with Crippen LogP contribution < -0.4 is 0 Å². The van der Waals surface area contributed by atoms with Crippen LogP contribution in [0.5, 0.6) is 0 Å². The molecule has 0 aromatic heterocycles. The minimum atomic E-state index is -1.01. The smallest absolute Gasteiger partial charge is 0.323 e. The molecule has 1 N–H and O–H groups in total. The number of aliphatic carboxylic acids is 1. The Hall–Kier alpha value is -1.84. The summed E-state index contributed by atoms with van der Waals surface area (Å²) < 4.78 is 0. The van der Waals surface area contributed by atoms with Gasteiger partial charge < -0.3 is 10.0 Å². The number of carboxylic acids is 1. The van der Waals surface area contributed by atoms with E-state index in [9.17, 15) is 9.59 Å². The maximum atomic E-state index is 12.4. The van der Waals surface area contributed by atoms with Gasteiger partial charge in [0.2, 0.25) is 0 Å². The topological polar surface area (TPSA) is 57.6 Å². The number of amides is 1. The van der Waals surface area contributed by atoms with Crippen molar-refractivity contribution in [3.8, 4) is 0 Å².